The number of halogens is 1. The van der Waals surface area contributed by atoms with E-state index in [1.807, 2.05) is 37.3 Å². The van der Waals surface area contributed by atoms with Crippen LogP contribution in [-0.2, 0) is 17.9 Å². The number of nitrogens with zero attached hydrogens (tertiary/aromatic N) is 3. The third-order valence-electron chi connectivity index (χ3n) is 4.44. The fourth-order valence-electron chi connectivity index (χ4n) is 3.16. The van der Waals surface area contributed by atoms with E-state index in [1.54, 1.807) is 22.1 Å². The van der Waals surface area contributed by atoms with Crippen LogP contribution in [0.3, 0.4) is 0 Å². The van der Waals surface area contributed by atoms with E-state index in [1.165, 1.54) is 6.07 Å². The summed E-state index contributed by atoms with van der Waals surface area (Å²) in [5.74, 6) is 0.0299. The highest BCUT2D eigenvalue weighted by Crippen LogP contribution is 2.37. The van der Waals surface area contributed by atoms with E-state index >= 15 is 0 Å². The molecule has 3 aromatic rings. The van der Waals surface area contributed by atoms with Gasteiger partial charge < -0.3 is 9.47 Å². The monoisotopic (exact) mass is 457 g/mol. The molecule has 0 N–H and O–H groups in total. The molecule has 0 aliphatic rings. The summed E-state index contributed by atoms with van der Waals surface area (Å²) >= 11 is 3.32. The molecule has 150 valence electrons. The lowest BCUT2D eigenvalue weighted by Gasteiger charge is -2.13. The fourth-order valence-corrected chi connectivity index (χ4v) is 3.68. The molecule has 0 radical (unpaired) electrons. The highest BCUT2D eigenvalue weighted by atomic mass is 79.9. The molecular weight excluding hydrogens is 438 g/mol. The maximum atomic E-state index is 12.7. The van der Waals surface area contributed by atoms with E-state index < -0.39 is 5.97 Å². The first-order valence-corrected chi connectivity index (χ1v) is 10.0. The summed E-state index contributed by atoms with van der Waals surface area (Å²) in [6, 6.07) is 12.6. The van der Waals surface area contributed by atoms with E-state index in [-0.39, 0.29) is 24.4 Å². The number of hydrogen-bond acceptors (Lipinski definition) is 5. The van der Waals surface area contributed by atoms with Crippen molar-refractivity contribution in [3.8, 4) is 17.6 Å². The Balaban J connectivity index is 1.82. The topological polar surface area (TPSA) is 86.2 Å². The molecule has 0 fully saturated rings. The number of fused-ring (bicyclic) bond motifs is 1. The number of esters is 1. The van der Waals surface area contributed by atoms with Crippen LogP contribution in [0, 0.1) is 11.3 Å². The molecule has 0 bridgehead atoms. The van der Waals surface area contributed by atoms with E-state index in [4.69, 9.17) is 14.7 Å². The molecule has 0 amide bonds. The summed E-state index contributed by atoms with van der Waals surface area (Å²) in [4.78, 5) is 25.2. The van der Waals surface area contributed by atoms with Gasteiger partial charge in [-0.15, -0.1) is 0 Å². The Bertz CT molecular complexity index is 1160. The molecule has 2 aromatic carbocycles. The highest BCUT2D eigenvalue weighted by molar-refractivity contribution is 9.10. The molecule has 7 nitrogen and oxygen atoms in total. The number of benzene rings is 2. The largest absolute Gasteiger partial charge is 0.490 e. The second-order valence-corrected chi connectivity index (χ2v) is 7.08. The summed E-state index contributed by atoms with van der Waals surface area (Å²) in [7, 11) is 0. The van der Waals surface area contributed by atoms with E-state index in [9.17, 15) is 9.59 Å². The maximum Gasteiger partial charge on any atom is 0.329 e. The lowest BCUT2D eigenvalue weighted by molar-refractivity contribution is -0.134. The van der Waals surface area contributed by atoms with Crippen LogP contribution < -0.4 is 15.2 Å². The molecule has 3 rings (SSSR count). The number of carbonyl (C=O) groups excluding carboxylic acids is 1. The van der Waals surface area contributed by atoms with Gasteiger partial charge in [-0.2, -0.15) is 5.26 Å². The van der Waals surface area contributed by atoms with Crippen molar-refractivity contribution < 1.29 is 14.3 Å². The Labute approximate surface area is 176 Å². The zero-order chi connectivity index (χ0) is 21.0. The van der Waals surface area contributed by atoms with Crippen molar-refractivity contribution in [3.05, 3.63) is 56.9 Å². The summed E-state index contributed by atoms with van der Waals surface area (Å²) in [5.41, 5.74) is 1.85. The smallest absolute Gasteiger partial charge is 0.329 e. The average Bonchev–Trinajstić information content (AvgIpc) is 2.99. The summed E-state index contributed by atoms with van der Waals surface area (Å²) in [5, 5.41) is 9.10. The molecule has 0 unspecified atom stereocenters. The Morgan fingerprint density at radius 2 is 1.86 bits per heavy atom. The highest BCUT2D eigenvalue weighted by Gasteiger charge is 2.18. The van der Waals surface area contributed by atoms with Gasteiger partial charge in [-0.05, 0) is 48.0 Å². The molecule has 0 spiro atoms. The molecule has 0 aliphatic carbocycles. The predicted octanol–water partition coefficient (Wildman–Crippen LogP) is 3.85. The van der Waals surface area contributed by atoms with Crippen molar-refractivity contribution in [1.82, 2.24) is 9.13 Å². The summed E-state index contributed by atoms with van der Waals surface area (Å²) < 4.78 is 14.7. The van der Waals surface area contributed by atoms with Crippen LogP contribution in [-0.4, -0.2) is 21.7 Å². The molecule has 0 saturated carbocycles. The Hall–Kier alpha value is -3.05. The van der Waals surface area contributed by atoms with Crippen LogP contribution in [0.5, 0.6) is 11.5 Å². The van der Waals surface area contributed by atoms with E-state index in [0.29, 0.717) is 28.9 Å². The van der Waals surface area contributed by atoms with Gasteiger partial charge in [0.05, 0.1) is 40.2 Å². The third-order valence-corrected chi connectivity index (χ3v) is 5.02. The second kappa shape index (κ2) is 8.97. The number of aromatic nitrogens is 2. The number of hydrogen-bond donors (Lipinski definition) is 0. The van der Waals surface area contributed by atoms with Crippen LogP contribution >= 0.6 is 15.9 Å². The Kier molecular flexibility index (Phi) is 6.39. The van der Waals surface area contributed by atoms with Gasteiger partial charge in [0, 0.05) is 19.2 Å². The number of carbonyl (C=O) groups is 1. The quantitative estimate of drug-likeness (QED) is 0.397. The van der Waals surface area contributed by atoms with Crippen molar-refractivity contribution in [3.63, 3.8) is 0 Å². The first-order chi connectivity index (χ1) is 14.0. The van der Waals surface area contributed by atoms with Crippen molar-refractivity contribution in [1.29, 1.82) is 5.26 Å². The summed E-state index contributed by atoms with van der Waals surface area (Å²) in [6.07, 6.45) is 0.00956. The minimum absolute atomic E-state index is 0.00956. The SMILES string of the molecule is CCOc1cc(C#N)cc(Br)c1OC(=O)CCn1c(=O)n(CC)c2ccccc21. The van der Waals surface area contributed by atoms with Gasteiger partial charge in [0.25, 0.3) is 0 Å². The van der Waals surface area contributed by atoms with Crippen molar-refractivity contribution >= 4 is 32.9 Å². The van der Waals surface area contributed by atoms with Gasteiger partial charge in [-0.1, -0.05) is 12.1 Å². The van der Waals surface area contributed by atoms with Gasteiger partial charge in [0.1, 0.15) is 0 Å². The van der Waals surface area contributed by atoms with Gasteiger partial charge in [-0.3, -0.25) is 13.9 Å². The molecule has 0 aliphatic heterocycles. The molecular formula is C21H20BrN3O4. The van der Waals surface area contributed by atoms with Gasteiger partial charge in [-0.25, -0.2) is 4.79 Å². The Morgan fingerprint density at radius 1 is 1.17 bits per heavy atom. The van der Waals surface area contributed by atoms with Gasteiger partial charge in [0.15, 0.2) is 11.5 Å². The zero-order valence-electron chi connectivity index (χ0n) is 16.1. The fraction of sp³-hybridized carbons (Fsp3) is 0.286. The third kappa shape index (κ3) is 4.20. The average molecular weight is 458 g/mol. The van der Waals surface area contributed by atoms with Crippen molar-refractivity contribution in [2.75, 3.05) is 6.61 Å². The van der Waals surface area contributed by atoms with E-state index in [2.05, 4.69) is 15.9 Å². The van der Waals surface area contributed by atoms with Crippen LogP contribution in [0.2, 0.25) is 0 Å². The molecule has 1 aromatic heterocycles. The standard InChI is InChI=1S/C21H20BrN3O4/c1-3-24-16-7-5-6-8-17(16)25(21(24)27)10-9-19(26)29-20-15(22)11-14(13-23)12-18(20)28-4-2/h5-8,11-12H,3-4,9-10H2,1-2H3. The van der Waals surface area contributed by atoms with E-state index in [0.717, 1.165) is 11.0 Å². The number of ether oxygens (including phenoxy) is 2. The number of rotatable bonds is 7. The maximum absolute atomic E-state index is 12.7. The first kappa shape index (κ1) is 20.7. The van der Waals surface area contributed by atoms with Crippen LogP contribution in [0.25, 0.3) is 11.0 Å². The number of para-hydroxylation sites is 2. The molecule has 29 heavy (non-hydrogen) atoms. The van der Waals surface area contributed by atoms with Gasteiger partial charge in [0.2, 0.25) is 0 Å². The van der Waals surface area contributed by atoms with Crippen LogP contribution in [0.4, 0.5) is 0 Å². The van der Waals surface area contributed by atoms with Gasteiger partial charge >= 0.3 is 11.7 Å². The molecule has 0 saturated heterocycles. The minimum Gasteiger partial charge on any atom is -0.490 e. The zero-order valence-corrected chi connectivity index (χ0v) is 17.7. The lowest BCUT2D eigenvalue weighted by Crippen LogP contribution is -2.25. The molecule has 0 atom stereocenters. The number of aryl methyl sites for hydroxylation is 2. The second-order valence-electron chi connectivity index (χ2n) is 6.22. The number of nitriles is 1. The predicted molar refractivity (Wildman–Crippen MR) is 112 cm³/mol. The molecule has 8 heteroatoms. The first-order valence-electron chi connectivity index (χ1n) is 9.25. The lowest BCUT2D eigenvalue weighted by atomic mass is 10.2. The normalized spacial score (nSPS) is 10.7. The molecule has 1 heterocycles. The number of imidazole rings is 1. The van der Waals surface area contributed by atoms with Crippen LogP contribution in [0.15, 0.2) is 45.7 Å². The minimum atomic E-state index is -0.503. The van der Waals surface area contributed by atoms with Crippen molar-refractivity contribution in [2.45, 2.75) is 33.4 Å². The summed E-state index contributed by atoms with van der Waals surface area (Å²) in [6.45, 7) is 4.81. The van der Waals surface area contributed by atoms with Crippen molar-refractivity contribution in [2.24, 2.45) is 0 Å². The Morgan fingerprint density at radius 3 is 2.48 bits per heavy atom. The van der Waals surface area contributed by atoms with Crippen LogP contribution in [0.1, 0.15) is 25.8 Å².